The maximum Gasteiger partial charge on any atom is 0.328 e. The lowest BCUT2D eigenvalue weighted by Gasteiger charge is -2.42. The first-order valence-electron chi connectivity index (χ1n) is 11.5. The lowest BCUT2D eigenvalue weighted by Crippen LogP contribution is -2.56. The summed E-state index contributed by atoms with van der Waals surface area (Å²) in [5.41, 5.74) is 1.40. The lowest BCUT2D eigenvalue weighted by atomic mass is 9.85. The van der Waals surface area contributed by atoms with Crippen molar-refractivity contribution in [3.05, 3.63) is 88.4 Å². The summed E-state index contributed by atoms with van der Waals surface area (Å²) in [6, 6.07) is 19.8. The Hall–Kier alpha value is -3.03. The van der Waals surface area contributed by atoms with Crippen molar-refractivity contribution in [2.45, 2.75) is 37.9 Å². The number of amides is 3. The first kappa shape index (κ1) is 21.8. The van der Waals surface area contributed by atoms with Gasteiger partial charge in [-0.2, -0.15) is 0 Å². The summed E-state index contributed by atoms with van der Waals surface area (Å²) in [5.74, 6) is -0.0432. The molecule has 0 aliphatic carbocycles. The van der Waals surface area contributed by atoms with Crippen LogP contribution in [0.1, 0.15) is 29.0 Å². The van der Waals surface area contributed by atoms with Crippen molar-refractivity contribution in [2.24, 2.45) is 0 Å². The van der Waals surface area contributed by atoms with Crippen molar-refractivity contribution < 1.29 is 9.59 Å². The molecule has 2 saturated heterocycles. The van der Waals surface area contributed by atoms with Gasteiger partial charge in [-0.3, -0.25) is 14.6 Å². The molecular weight excluding hydrogens is 432 g/mol. The Bertz CT molecular complexity index is 1080. The number of nitrogens with zero attached hydrogens (tertiary/aromatic N) is 4. The first-order valence-corrected chi connectivity index (χ1v) is 12.4. The SMILES string of the molecule is O=C1N(Cc2ccccc2)C(=O)C2(CCN(Cc3nccs3)CC2)N1CCc1ccccc1. The van der Waals surface area contributed by atoms with Crippen LogP contribution in [0.4, 0.5) is 4.79 Å². The second-order valence-corrected chi connectivity index (χ2v) is 9.76. The van der Waals surface area contributed by atoms with Crippen molar-refractivity contribution >= 4 is 23.3 Å². The van der Waals surface area contributed by atoms with Gasteiger partial charge in [-0.15, -0.1) is 11.3 Å². The van der Waals surface area contributed by atoms with Crippen molar-refractivity contribution in [1.29, 1.82) is 0 Å². The molecule has 2 aliphatic heterocycles. The number of likely N-dealkylation sites (tertiary alicyclic amines) is 1. The number of carbonyl (C=O) groups excluding carboxylic acids is 2. The number of benzene rings is 2. The molecule has 1 spiro atoms. The Balaban J connectivity index is 1.36. The van der Waals surface area contributed by atoms with Crippen LogP contribution < -0.4 is 0 Å². The van der Waals surface area contributed by atoms with E-state index in [1.54, 1.807) is 11.3 Å². The summed E-state index contributed by atoms with van der Waals surface area (Å²) in [7, 11) is 0. The quantitative estimate of drug-likeness (QED) is 0.496. The number of urea groups is 1. The third-order valence-electron chi connectivity index (χ3n) is 6.80. The normalized spacial score (nSPS) is 18.4. The van der Waals surface area contributed by atoms with E-state index in [9.17, 15) is 9.59 Å². The van der Waals surface area contributed by atoms with Gasteiger partial charge in [0.05, 0.1) is 13.1 Å². The smallest absolute Gasteiger partial charge is 0.309 e. The van der Waals surface area contributed by atoms with E-state index in [-0.39, 0.29) is 11.9 Å². The molecule has 170 valence electrons. The van der Waals surface area contributed by atoms with E-state index in [0.717, 1.165) is 36.6 Å². The van der Waals surface area contributed by atoms with Crippen LogP contribution in [0.2, 0.25) is 0 Å². The number of aromatic nitrogens is 1. The summed E-state index contributed by atoms with van der Waals surface area (Å²) in [4.78, 5) is 37.4. The Kier molecular flexibility index (Phi) is 6.24. The van der Waals surface area contributed by atoms with Crippen molar-refractivity contribution in [2.75, 3.05) is 19.6 Å². The molecule has 0 N–H and O–H groups in total. The van der Waals surface area contributed by atoms with Crippen LogP contribution in [0.5, 0.6) is 0 Å². The van der Waals surface area contributed by atoms with E-state index in [2.05, 4.69) is 22.0 Å². The van der Waals surface area contributed by atoms with Crippen molar-refractivity contribution in [3.8, 4) is 0 Å². The van der Waals surface area contributed by atoms with Crippen LogP contribution >= 0.6 is 11.3 Å². The third-order valence-corrected chi connectivity index (χ3v) is 7.56. The van der Waals surface area contributed by atoms with Gasteiger partial charge in [0.25, 0.3) is 5.91 Å². The molecule has 2 aliphatic rings. The number of imide groups is 1. The predicted octanol–water partition coefficient (Wildman–Crippen LogP) is 4.18. The highest BCUT2D eigenvalue weighted by Gasteiger charge is 2.57. The molecule has 0 radical (unpaired) electrons. The van der Waals surface area contributed by atoms with Crippen LogP contribution in [0.15, 0.2) is 72.2 Å². The molecule has 0 unspecified atom stereocenters. The molecule has 3 heterocycles. The predicted molar refractivity (Wildman–Crippen MR) is 129 cm³/mol. The van der Waals surface area contributed by atoms with E-state index in [1.807, 2.05) is 65.0 Å². The molecule has 2 aromatic carbocycles. The van der Waals surface area contributed by atoms with Crippen molar-refractivity contribution in [3.63, 3.8) is 0 Å². The molecule has 33 heavy (non-hydrogen) atoms. The Morgan fingerprint density at radius 2 is 1.55 bits per heavy atom. The topological polar surface area (TPSA) is 56.8 Å². The minimum absolute atomic E-state index is 0.0432. The van der Waals surface area contributed by atoms with Crippen LogP contribution in [0, 0.1) is 0 Å². The molecule has 7 heteroatoms. The summed E-state index contributed by atoms with van der Waals surface area (Å²) >= 11 is 1.66. The zero-order chi connectivity index (χ0) is 22.7. The van der Waals surface area contributed by atoms with Crippen LogP contribution in [-0.4, -0.2) is 56.8 Å². The van der Waals surface area contributed by atoms with E-state index < -0.39 is 5.54 Å². The largest absolute Gasteiger partial charge is 0.328 e. The molecule has 3 aromatic rings. The Morgan fingerprint density at radius 3 is 2.18 bits per heavy atom. The highest BCUT2D eigenvalue weighted by atomic mass is 32.1. The Morgan fingerprint density at radius 1 is 0.879 bits per heavy atom. The zero-order valence-electron chi connectivity index (χ0n) is 18.6. The summed E-state index contributed by atoms with van der Waals surface area (Å²) in [6.07, 6.45) is 3.88. The molecule has 0 saturated carbocycles. The average molecular weight is 461 g/mol. The number of rotatable bonds is 7. The zero-order valence-corrected chi connectivity index (χ0v) is 19.4. The van der Waals surface area contributed by atoms with Gasteiger partial charge in [-0.05, 0) is 30.4 Å². The van der Waals surface area contributed by atoms with Gasteiger partial charge in [-0.25, -0.2) is 9.78 Å². The molecule has 0 bridgehead atoms. The average Bonchev–Trinajstić information content (AvgIpc) is 3.43. The number of hydrogen-bond acceptors (Lipinski definition) is 5. The fourth-order valence-electron chi connectivity index (χ4n) is 4.97. The molecule has 6 nitrogen and oxygen atoms in total. The first-order chi connectivity index (χ1) is 16.2. The number of carbonyl (C=O) groups is 2. The molecule has 0 atom stereocenters. The number of piperidine rings is 1. The van der Waals surface area contributed by atoms with Gasteiger partial charge in [0.1, 0.15) is 10.5 Å². The summed E-state index contributed by atoms with van der Waals surface area (Å²) in [5, 5.41) is 3.08. The second kappa shape index (κ2) is 9.45. The van der Waals surface area contributed by atoms with E-state index in [1.165, 1.54) is 10.5 Å². The van der Waals surface area contributed by atoms with Gasteiger partial charge < -0.3 is 4.90 Å². The lowest BCUT2D eigenvalue weighted by molar-refractivity contribution is -0.136. The minimum atomic E-state index is -0.750. The molecule has 5 rings (SSSR count). The molecular formula is C26H28N4O2S. The van der Waals surface area contributed by atoms with Crippen molar-refractivity contribution in [1.82, 2.24) is 19.7 Å². The fourth-order valence-corrected chi connectivity index (χ4v) is 5.63. The number of thiazole rings is 1. The number of hydrogen-bond donors (Lipinski definition) is 0. The summed E-state index contributed by atoms with van der Waals surface area (Å²) < 4.78 is 0. The maximum atomic E-state index is 13.8. The van der Waals surface area contributed by atoms with Crippen LogP contribution in [-0.2, 0) is 24.3 Å². The molecule has 1 aromatic heterocycles. The monoisotopic (exact) mass is 460 g/mol. The summed E-state index contributed by atoms with van der Waals surface area (Å²) in [6.45, 7) is 3.23. The highest BCUT2D eigenvalue weighted by molar-refractivity contribution is 7.09. The van der Waals surface area contributed by atoms with Crippen LogP contribution in [0.3, 0.4) is 0 Å². The van der Waals surface area contributed by atoms with Gasteiger partial charge in [0.15, 0.2) is 0 Å². The molecule has 2 fully saturated rings. The standard InChI is InChI=1S/C26H28N4O2S/c31-24-26(12-16-28(17-13-26)20-23-27-14-18-33-23)30(15-11-21-7-3-1-4-8-21)25(32)29(24)19-22-9-5-2-6-10-22/h1-10,14,18H,11-13,15-17,19-20H2. The van der Waals surface area contributed by atoms with Gasteiger partial charge in [0.2, 0.25) is 0 Å². The fraction of sp³-hybridized carbons (Fsp3) is 0.346. The third kappa shape index (κ3) is 4.43. The molecule has 3 amide bonds. The van der Waals surface area contributed by atoms with E-state index in [0.29, 0.717) is 25.9 Å². The second-order valence-electron chi connectivity index (χ2n) is 8.78. The van der Waals surface area contributed by atoms with Crippen LogP contribution in [0.25, 0.3) is 0 Å². The van der Waals surface area contributed by atoms with E-state index >= 15 is 0 Å². The highest BCUT2D eigenvalue weighted by Crippen LogP contribution is 2.38. The van der Waals surface area contributed by atoms with Gasteiger partial charge >= 0.3 is 6.03 Å². The Labute approximate surface area is 198 Å². The maximum absolute atomic E-state index is 13.8. The van der Waals surface area contributed by atoms with Gasteiger partial charge in [0, 0.05) is 31.2 Å². The van der Waals surface area contributed by atoms with Gasteiger partial charge in [-0.1, -0.05) is 60.7 Å². The minimum Gasteiger partial charge on any atom is -0.309 e. The van der Waals surface area contributed by atoms with E-state index in [4.69, 9.17) is 0 Å².